The number of nitrogens with one attached hydrogen (secondary N) is 1. The zero-order valence-electron chi connectivity index (χ0n) is 14.8. The predicted octanol–water partition coefficient (Wildman–Crippen LogP) is 2.85. The molecule has 0 aliphatic rings. The number of rotatable bonds is 7. The number of hydrogen-bond acceptors (Lipinski definition) is 5. The molecule has 0 atom stereocenters. The molecule has 1 aromatic carbocycles. The lowest BCUT2D eigenvalue weighted by Crippen LogP contribution is -2.18. The third kappa shape index (κ3) is 5.14. The van der Waals surface area contributed by atoms with E-state index in [-0.39, 0.29) is 17.5 Å². The molecule has 0 aliphatic heterocycles. The minimum absolute atomic E-state index is 0.0439. The summed E-state index contributed by atoms with van der Waals surface area (Å²) in [5, 5.41) is 10.4. The predicted molar refractivity (Wildman–Crippen MR) is 93.6 cm³/mol. The Morgan fingerprint density at radius 1 is 1.28 bits per heavy atom. The smallest absolute Gasteiger partial charge is 0.267 e. The minimum Gasteiger partial charge on any atom is -0.496 e. The summed E-state index contributed by atoms with van der Waals surface area (Å²) in [4.78, 5) is 17.2. The molecule has 0 saturated carbocycles. The quantitative estimate of drug-likeness (QED) is 0.617. The van der Waals surface area contributed by atoms with Gasteiger partial charge in [0.05, 0.1) is 7.11 Å². The first-order valence-corrected chi connectivity index (χ1v) is 8.02. The molecule has 0 spiro atoms. The van der Waals surface area contributed by atoms with Crippen LogP contribution >= 0.6 is 0 Å². The molecular formula is C18H22FN3O3. The number of aryl methyl sites for hydroxylation is 2. The Labute approximate surface area is 145 Å². The highest BCUT2D eigenvalue weighted by molar-refractivity contribution is 5.96. The second-order valence-electron chi connectivity index (χ2n) is 5.89. The largest absolute Gasteiger partial charge is 0.496 e. The maximum Gasteiger partial charge on any atom is 0.267 e. The normalized spacial score (nSPS) is 11.7. The fourth-order valence-corrected chi connectivity index (χ4v) is 2.26. The number of aromatic nitrogens is 2. The van der Waals surface area contributed by atoms with E-state index < -0.39 is 0 Å². The molecule has 1 aromatic heterocycles. The number of nitrogens with zero attached hydrogens (tertiary/aromatic N) is 2. The van der Waals surface area contributed by atoms with Crippen LogP contribution in [-0.4, -0.2) is 29.1 Å². The Hall–Kier alpha value is -2.70. The molecule has 0 unspecified atom stereocenters. The van der Waals surface area contributed by atoms with Crippen LogP contribution in [0.2, 0.25) is 0 Å². The fourth-order valence-electron chi connectivity index (χ4n) is 2.26. The third-order valence-electron chi connectivity index (χ3n) is 3.56. The van der Waals surface area contributed by atoms with E-state index in [1.807, 2.05) is 13.8 Å². The first-order chi connectivity index (χ1) is 11.9. The molecule has 2 aromatic rings. The molecule has 0 saturated heterocycles. The van der Waals surface area contributed by atoms with Crippen LogP contribution in [-0.2, 0) is 17.7 Å². The molecule has 2 rings (SSSR count). The lowest BCUT2D eigenvalue weighted by atomic mass is 10.0. The van der Waals surface area contributed by atoms with E-state index in [0.29, 0.717) is 41.1 Å². The van der Waals surface area contributed by atoms with Crippen molar-refractivity contribution in [3.8, 4) is 5.75 Å². The van der Waals surface area contributed by atoms with Crippen LogP contribution in [0.3, 0.4) is 0 Å². The summed E-state index contributed by atoms with van der Waals surface area (Å²) in [5.41, 5.74) is 2.05. The summed E-state index contributed by atoms with van der Waals surface area (Å²) >= 11 is 0. The zero-order chi connectivity index (χ0) is 18.4. The van der Waals surface area contributed by atoms with Crippen molar-refractivity contribution in [2.24, 2.45) is 5.16 Å². The highest BCUT2D eigenvalue weighted by Gasteiger charge is 2.10. The Morgan fingerprint density at radius 2 is 2.00 bits per heavy atom. The van der Waals surface area contributed by atoms with Gasteiger partial charge in [-0.3, -0.25) is 4.79 Å². The molecule has 7 heteroatoms. The van der Waals surface area contributed by atoms with Crippen molar-refractivity contribution in [1.82, 2.24) is 10.2 Å². The van der Waals surface area contributed by atoms with Gasteiger partial charge in [-0.15, -0.1) is 0 Å². The van der Waals surface area contributed by atoms with Crippen LogP contribution in [0, 0.1) is 5.82 Å². The molecule has 0 bridgehead atoms. The van der Waals surface area contributed by atoms with Crippen molar-refractivity contribution in [2.45, 2.75) is 39.7 Å². The van der Waals surface area contributed by atoms with Crippen LogP contribution in [0.5, 0.6) is 5.75 Å². The highest BCUT2D eigenvalue weighted by Crippen LogP contribution is 2.20. The average Bonchev–Trinajstić information content (AvgIpc) is 2.59. The fraction of sp³-hybridized carbons (Fsp3) is 0.389. The van der Waals surface area contributed by atoms with Crippen LogP contribution < -0.4 is 10.3 Å². The molecule has 0 radical (unpaired) electrons. The van der Waals surface area contributed by atoms with Gasteiger partial charge < -0.3 is 9.57 Å². The Balaban J connectivity index is 2.20. The number of aromatic amines is 1. The van der Waals surface area contributed by atoms with Crippen molar-refractivity contribution >= 4 is 5.71 Å². The SMILES string of the molecule is COc1ccc(F)cc1CCc1cc(/C(C)=N/OC(C)C)n[nH]c1=O. The van der Waals surface area contributed by atoms with Gasteiger partial charge >= 0.3 is 0 Å². The maximum absolute atomic E-state index is 13.4. The summed E-state index contributed by atoms with van der Waals surface area (Å²) in [6.45, 7) is 5.49. The van der Waals surface area contributed by atoms with E-state index in [4.69, 9.17) is 9.57 Å². The first kappa shape index (κ1) is 18.6. The van der Waals surface area contributed by atoms with Gasteiger partial charge in [-0.1, -0.05) is 5.16 Å². The molecule has 134 valence electrons. The van der Waals surface area contributed by atoms with Gasteiger partial charge in [0.15, 0.2) is 0 Å². The Morgan fingerprint density at radius 3 is 2.68 bits per heavy atom. The monoisotopic (exact) mass is 347 g/mol. The molecule has 1 N–H and O–H groups in total. The summed E-state index contributed by atoms with van der Waals surface area (Å²) < 4.78 is 18.7. The second-order valence-corrected chi connectivity index (χ2v) is 5.89. The number of halogens is 1. The average molecular weight is 347 g/mol. The van der Waals surface area contributed by atoms with Crippen LogP contribution in [0.25, 0.3) is 0 Å². The minimum atomic E-state index is -0.339. The number of H-pyrrole nitrogens is 1. The van der Waals surface area contributed by atoms with Gasteiger partial charge in [-0.2, -0.15) is 5.10 Å². The second kappa shape index (κ2) is 8.41. The molecule has 0 amide bonds. The van der Waals surface area contributed by atoms with Gasteiger partial charge in [0, 0.05) is 5.56 Å². The lowest BCUT2D eigenvalue weighted by Gasteiger charge is -2.09. The molecule has 1 heterocycles. The van der Waals surface area contributed by atoms with E-state index in [2.05, 4.69) is 15.4 Å². The zero-order valence-corrected chi connectivity index (χ0v) is 14.8. The van der Waals surface area contributed by atoms with Gasteiger partial charge in [-0.05, 0) is 63.4 Å². The van der Waals surface area contributed by atoms with Crippen LogP contribution in [0.1, 0.15) is 37.6 Å². The van der Waals surface area contributed by atoms with E-state index in [1.165, 1.54) is 19.2 Å². The molecule has 6 nitrogen and oxygen atoms in total. The van der Waals surface area contributed by atoms with E-state index in [1.54, 1.807) is 19.1 Å². The molecular weight excluding hydrogens is 325 g/mol. The van der Waals surface area contributed by atoms with E-state index in [0.717, 1.165) is 0 Å². The number of ether oxygens (including phenoxy) is 1. The summed E-state index contributed by atoms with van der Waals surface area (Å²) in [7, 11) is 1.53. The standard InChI is InChI=1S/C18H22FN3O3/c1-11(2)25-22-12(3)16-10-14(18(23)21-20-16)6-5-13-9-15(19)7-8-17(13)24-4/h7-11H,5-6H2,1-4H3,(H,21,23)/b22-12+. The summed E-state index contributed by atoms with van der Waals surface area (Å²) in [5.74, 6) is 0.254. The Kier molecular flexibility index (Phi) is 6.27. The van der Waals surface area contributed by atoms with Gasteiger partial charge in [-0.25, -0.2) is 9.49 Å². The van der Waals surface area contributed by atoms with E-state index >= 15 is 0 Å². The highest BCUT2D eigenvalue weighted by atomic mass is 19.1. The number of oxime groups is 1. The van der Waals surface area contributed by atoms with Crippen molar-refractivity contribution in [2.75, 3.05) is 7.11 Å². The van der Waals surface area contributed by atoms with Crippen molar-refractivity contribution < 1.29 is 14.0 Å². The van der Waals surface area contributed by atoms with Crippen molar-refractivity contribution in [3.63, 3.8) is 0 Å². The molecule has 0 aliphatic carbocycles. The van der Waals surface area contributed by atoms with E-state index in [9.17, 15) is 9.18 Å². The van der Waals surface area contributed by atoms with Gasteiger partial charge in [0.25, 0.3) is 5.56 Å². The third-order valence-corrected chi connectivity index (χ3v) is 3.56. The maximum atomic E-state index is 13.4. The van der Waals surface area contributed by atoms with Crippen LogP contribution in [0.15, 0.2) is 34.2 Å². The Bertz CT molecular complexity index is 815. The lowest BCUT2D eigenvalue weighted by molar-refractivity contribution is 0.0859. The number of benzene rings is 1. The van der Waals surface area contributed by atoms with Crippen molar-refractivity contribution in [3.05, 3.63) is 57.3 Å². The number of methoxy groups -OCH3 is 1. The van der Waals surface area contributed by atoms with Crippen molar-refractivity contribution in [1.29, 1.82) is 0 Å². The molecule has 0 fully saturated rings. The molecule has 25 heavy (non-hydrogen) atoms. The number of hydrogen-bond donors (Lipinski definition) is 1. The van der Waals surface area contributed by atoms with Crippen LogP contribution in [0.4, 0.5) is 4.39 Å². The topological polar surface area (TPSA) is 76.6 Å². The summed E-state index contributed by atoms with van der Waals surface area (Å²) in [6.07, 6.45) is 0.840. The van der Waals surface area contributed by atoms with Gasteiger partial charge in [0.2, 0.25) is 0 Å². The first-order valence-electron chi connectivity index (χ1n) is 8.02. The summed E-state index contributed by atoms with van der Waals surface area (Å²) in [6, 6.07) is 6.01. The van der Waals surface area contributed by atoms with Gasteiger partial charge in [0.1, 0.15) is 29.1 Å².